The third kappa shape index (κ3) is 5.33. The Labute approximate surface area is 105 Å². The second-order valence-electron chi connectivity index (χ2n) is 4.79. The number of nitrogens with one attached hydrogen (secondary N) is 1. The fourth-order valence-corrected chi connectivity index (χ4v) is 3.01. The van der Waals surface area contributed by atoms with Crippen LogP contribution in [0.4, 0.5) is 0 Å². The molecule has 0 aliphatic carbocycles. The minimum absolute atomic E-state index is 0.421. The number of methoxy groups -OCH3 is 1. The molecule has 1 fully saturated rings. The Morgan fingerprint density at radius 3 is 2.47 bits per heavy atom. The van der Waals surface area contributed by atoms with E-state index in [4.69, 9.17) is 4.74 Å². The first-order chi connectivity index (χ1) is 7.93. The van der Waals surface area contributed by atoms with Crippen molar-refractivity contribution in [3.63, 3.8) is 0 Å². The molecule has 1 aliphatic rings. The molecule has 0 bridgehead atoms. The molecule has 0 spiro atoms. The van der Waals surface area contributed by atoms with Crippen molar-refractivity contribution in [2.24, 2.45) is 0 Å². The van der Waals surface area contributed by atoms with Crippen molar-refractivity contribution >= 4 is 10.0 Å². The lowest BCUT2D eigenvalue weighted by molar-refractivity contribution is 0.178. The lowest BCUT2D eigenvalue weighted by Crippen LogP contribution is -2.47. The van der Waals surface area contributed by atoms with Gasteiger partial charge in [0.2, 0.25) is 10.0 Å². The molecule has 5 nitrogen and oxygen atoms in total. The summed E-state index contributed by atoms with van der Waals surface area (Å²) in [4.78, 5) is 0. The maximum atomic E-state index is 11.3. The highest BCUT2D eigenvalue weighted by molar-refractivity contribution is 7.88. The lowest BCUT2D eigenvalue weighted by Gasteiger charge is -2.32. The van der Waals surface area contributed by atoms with Gasteiger partial charge in [0.15, 0.2) is 0 Å². The number of hydrogen-bond donors (Lipinski definition) is 1. The topological polar surface area (TPSA) is 58.6 Å². The van der Waals surface area contributed by atoms with E-state index in [9.17, 15) is 8.42 Å². The standard InChI is InChI=1S/C11H24N2O3S/c1-10(6-9-16-2)12-11-4-7-13(8-5-11)17(3,14)15/h10-12H,4-9H2,1-3H3. The molecule has 6 heteroatoms. The smallest absolute Gasteiger partial charge is 0.211 e. The van der Waals surface area contributed by atoms with Crippen LogP contribution in [0.2, 0.25) is 0 Å². The quantitative estimate of drug-likeness (QED) is 0.755. The van der Waals surface area contributed by atoms with Crippen LogP contribution >= 0.6 is 0 Å². The van der Waals surface area contributed by atoms with Gasteiger partial charge in [0.25, 0.3) is 0 Å². The van der Waals surface area contributed by atoms with Gasteiger partial charge >= 0.3 is 0 Å². The van der Waals surface area contributed by atoms with Gasteiger partial charge in [-0.3, -0.25) is 0 Å². The van der Waals surface area contributed by atoms with Crippen LogP contribution in [0.1, 0.15) is 26.2 Å². The van der Waals surface area contributed by atoms with E-state index in [2.05, 4.69) is 12.2 Å². The normalized spacial score (nSPS) is 21.6. The van der Waals surface area contributed by atoms with Gasteiger partial charge in [0.1, 0.15) is 0 Å². The van der Waals surface area contributed by atoms with Gasteiger partial charge in [-0.1, -0.05) is 0 Å². The van der Waals surface area contributed by atoms with E-state index in [1.807, 2.05) is 0 Å². The summed E-state index contributed by atoms with van der Waals surface area (Å²) in [6.07, 6.45) is 4.06. The Bertz CT molecular complexity index is 311. The molecule has 1 N–H and O–H groups in total. The van der Waals surface area contributed by atoms with Crippen molar-refractivity contribution in [2.75, 3.05) is 33.1 Å². The minimum Gasteiger partial charge on any atom is -0.385 e. The maximum absolute atomic E-state index is 11.3. The monoisotopic (exact) mass is 264 g/mol. The Morgan fingerprint density at radius 1 is 1.41 bits per heavy atom. The van der Waals surface area contributed by atoms with Crippen molar-refractivity contribution in [1.29, 1.82) is 0 Å². The van der Waals surface area contributed by atoms with E-state index < -0.39 is 10.0 Å². The minimum atomic E-state index is -3.01. The summed E-state index contributed by atoms with van der Waals surface area (Å²) < 4.78 is 29.3. The Morgan fingerprint density at radius 2 is 2.00 bits per heavy atom. The number of piperidine rings is 1. The fourth-order valence-electron chi connectivity index (χ4n) is 2.13. The van der Waals surface area contributed by atoms with Crippen molar-refractivity contribution in [2.45, 2.75) is 38.3 Å². The van der Waals surface area contributed by atoms with Crippen LogP contribution in [-0.2, 0) is 14.8 Å². The second kappa shape index (κ2) is 6.68. The molecule has 1 unspecified atom stereocenters. The van der Waals surface area contributed by atoms with Crippen molar-refractivity contribution < 1.29 is 13.2 Å². The first-order valence-corrected chi connectivity index (χ1v) is 7.98. The molecule has 0 radical (unpaired) electrons. The van der Waals surface area contributed by atoms with Gasteiger partial charge in [0, 0.05) is 38.9 Å². The van der Waals surface area contributed by atoms with Gasteiger partial charge < -0.3 is 10.1 Å². The highest BCUT2D eigenvalue weighted by Gasteiger charge is 2.25. The predicted molar refractivity (Wildman–Crippen MR) is 68.5 cm³/mol. The van der Waals surface area contributed by atoms with E-state index in [1.165, 1.54) is 6.26 Å². The van der Waals surface area contributed by atoms with Crippen LogP contribution < -0.4 is 5.32 Å². The fraction of sp³-hybridized carbons (Fsp3) is 1.00. The molecule has 0 aromatic rings. The summed E-state index contributed by atoms with van der Waals surface area (Å²) >= 11 is 0. The molecule has 1 atom stereocenters. The number of ether oxygens (including phenoxy) is 1. The summed E-state index contributed by atoms with van der Waals surface area (Å²) in [5.74, 6) is 0. The summed E-state index contributed by atoms with van der Waals surface area (Å²) in [5, 5.41) is 3.52. The summed E-state index contributed by atoms with van der Waals surface area (Å²) in [6.45, 7) is 4.17. The average Bonchev–Trinajstić information content (AvgIpc) is 2.26. The largest absolute Gasteiger partial charge is 0.385 e. The molecule has 0 amide bonds. The van der Waals surface area contributed by atoms with E-state index in [0.29, 0.717) is 25.2 Å². The van der Waals surface area contributed by atoms with Gasteiger partial charge in [-0.15, -0.1) is 0 Å². The van der Waals surface area contributed by atoms with Gasteiger partial charge in [-0.05, 0) is 26.2 Å². The summed E-state index contributed by atoms with van der Waals surface area (Å²) in [5.41, 5.74) is 0. The van der Waals surface area contributed by atoms with Gasteiger partial charge in [-0.25, -0.2) is 12.7 Å². The maximum Gasteiger partial charge on any atom is 0.211 e. The van der Waals surface area contributed by atoms with E-state index in [1.54, 1.807) is 11.4 Å². The van der Waals surface area contributed by atoms with Crippen molar-refractivity contribution in [3.8, 4) is 0 Å². The zero-order chi connectivity index (χ0) is 12.9. The first-order valence-electron chi connectivity index (χ1n) is 6.13. The molecule has 17 heavy (non-hydrogen) atoms. The second-order valence-corrected chi connectivity index (χ2v) is 6.77. The Kier molecular flexibility index (Phi) is 5.85. The van der Waals surface area contributed by atoms with E-state index >= 15 is 0 Å². The molecule has 1 aliphatic heterocycles. The third-order valence-electron chi connectivity index (χ3n) is 3.20. The van der Waals surface area contributed by atoms with E-state index in [0.717, 1.165) is 25.9 Å². The van der Waals surface area contributed by atoms with Crippen LogP contribution in [0, 0.1) is 0 Å². The Balaban J connectivity index is 2.28. The highest BCUT2D eigenvalue weighted by atomic mass is 32.2. The number of rotatable bonds is 6. The number of sulfonamides is 1. The molecule has 102 valence electrons. The van der Waals surface area contributed by atoms with Crippen LogP contribution in [0.3, 0.4) is 0 Å². The Hall–Kier alpha value is -0.170. The first kappa shape index (κ1) is 14.9. The molecule has 1 saturated heterocycles. The number of nitrogens with zero attached hydrogens (tertiary/aromatic N) is 1. The van der Waals surface area contributed by atoms with Gasteiger partial charge in [-0.2, -0.15) is 0 Å². The average molecular weight is 264 g/mol. The molecular weight excluding hydrogens is 240 g/mol. The molecule has 1 heterocycles. The number of hydrogen-bond acceptors (Lipinski definition) is 4. The van der Waals surface area contributed by atoms with Crippen molar-refractivity contribution in [1.82, 2.24) is 9.62 Å². The molecule has 0 saturated carbocycles. The zero-order valence-electron chi connectivity index (χ0n) is 11.0. The summed E-state index contributed by atoms with van der Waals surface area (Å²) in [6, 6.07) is 0.851. The van der Waals surface area contributed by atoms with Gasteiger partial charge in [0.05, 0.1) is 6.26 Å². The SMILES string of the molecule is COCCC(C)NC1CCN(S(C)(=O)=O)CC1. The van der Waals surface area contributed by atoms with Crippen molar-refractivity contribution in [3.05, 3.63) is 0 Å². The van der Waals surface area contributed by atoms with Crippen LogP contribution in [0.5, 0.6) is 0 Å². The molecule has 1 rings (SSSR count). The zero-order valence-corrected chi connectivity index (χ0v) is 11.8. The lowest BCUT2D eigenvalue weighted by atomic mass is 10.1. The van der Waals surface area contributed by atoms with E-state index in [-0.39, 0.29) is 0 Å². The summed E-state index contributed by atoms with van der Waals surface area (Å²) in [7, 11) is -1.30. The van der Waals surface area contributed by atoms with Crippen LogP contribution in [-0.4, -0.2) is 57.9 Å². The van der Waals surface area contributed by atoms with Crippen LogP contribution in [0.25, 0.3) is 0 Å². The molecular formula is C11H24N2O3S. The molecule has 0 aromatic heterocycles. The van der Waals surface area contributed by atoms with Crippen LogP contribution in [0.15, 0.2) is 0 Å². The highest BCUT2D eigenvalue weighted by Crippen LogP contribution is 2.14. The third-order valence-corrected chi connectivity index (χ3v) is 4.50. The predicted octanol–water partition coefficient (Wildman–Crippen LogP) is 0.425. The molecule has 0 aromatic carbocycles.